The molecule has 196 valence electrons. The minimum absolute atomic E-state index is 0.0991. The maximum atomic E-state index is 12.8. The molecule has 2 aromatic heterocycles. The van der Waals surface area contributed by atoms with Gasteiger partial charge in [0.1, 0.15) is 22.3 Å². The van der Waals surface area contributed by atoms with Gasteiger partial charge in [-0.1, -0.05) is 12.1 Å². The molecule has 1 aliphatic carbocycles. The quantitative estimate of drug-likeness (QED) is 0.343. The van der Waals surface area contributed by atoms with E-state index in [0.717, 1.165) is 71.8 Å². The van der Waals surface area contributed by atoms with E-state index in [1.54, 1.807) is 0 Å². The number of carbonyl (C=O) groups is 1. The number of hydrogen-bond acceptors (Lipinski definition) is 8. The van der Waals surface area contributed by atoms with Crippen molar-refractivity contribution in [3.63, 3.8) is 0 Å². The van der Waals surface area contributed by atoms with Crippen LogP contribution in [0, 0.1) is 5.92 Å². The van der Waals surface area contributed by atoms with E-state index in [9.17, 15) is 4.79 Å². The lowest BCUT2D eigenvalue weighted by atomic mass is 9.86. The molecular formula is C29H32N6O2S. The van der Waals surface area contributed by atoms with E-state index in [4.69, 9.17) is 14.7 Å². The number of aromatic nitrogens is 3. The van der Waals surface area contributed by atoms with Crippen molar-refractivity contribution in [2.45, 2.75) is 38.1 Å². The van der Waals surface area contributed by atoms with E-state index >= 15 is 0 Å². The van der Waals surface area contributed by atoms with E-state index in [-0.39, 0.29) is 5.91 Å². The molecule has 6 rings (SSSR count). The number of nitrogens with one attached hydrogen (secondary N) is 2. The minimum Gasteiger partial charge on any atom is -0.493 e. The van der Waals surface area contributed by atoms with Gasteiger partial charge in [0.05, 0.1) is 12.1 Å². The number of nitrogens with zero attached hydrogens (tertiary/aromatic N) is 4. The van der Waals surface area contributed by atoms with Gasteiger partial charge < -0.3 is 20.3 Å². The van der Waals surface area contributed by atoms with Crippen LogP contribution >= 0.6 is 11.3 Å². The highest BCUT2D eigenvalue weighted by atomic mass is 32.1. The van der Waals surface area contributed by atoms with E-state index in [1.165, 1.54) is 16.9 Å². The predicted octanol–water partition coefficient (Wildman–Crippen LogP) is 5.15. The Morgan fingerprint density at radius 3 is 2.76 bits per heavy atom. The van der Waals surface area contributed by atoms with Crippen LogP contribution in [-0.2, 0) is 6.42 Å². The van der Waals surface area contributed by atoms with Crippen molar-refractivity contribution in [1.82, 2.24) is 20.3 Å². The maximum Gasteiger partial charge on any atom is 0.270 e. The topological polar surface area (TPSA) is 92.3 Å². The third-order valence-electron chi connectivity index (χ3n) is 7.41. The Bertz CT molecular complexity index is 1460. The number of fused-ring (bicyclic) bond motifs is 2. The number of anilines is 2. The summed E-state index contributed by atoms with van der Waals surface area (Å²) in [5.41, 5.74) is 3.68. The van der Waals surface area contributed by atoms with Crippen molar-refractivity contribution >= 4 is 39.9 Å². The molecule has 4 aromatic rings. The molecule has 2 N–H and O–H groups in total. The highest BCUT2D eigenvalue weighted by molar-refractivity contribution is 7.13. The Kier molecular flexibility index (Phi) is 6.84. The summed E-state index contributed by atoms with van der Waals surface area (Å²) in [7, 11) is 4.01. The minimum atomic E-state index is -0.0991. The molecule has 0 spiro atoms. The van der Waals surface area contributed by atoms with Crippen LogP contribution < -0.4 is 20.3 Å². The average Bonchev–Trinajstić information content (AvgIpc) is 3.62. The Morgan fingerprint density at radius 2 is 1.92 bits per heavy atom. The van der Waals surface area contributed by atoms with Crippen molar-refractivity contribution in [2.75, 3.05) is 37.5 Å². The second kappa shape index (κ2) is 10.6. The van der Waals surface area contributed by atoms with Crippen molar-refractivity contribution in [3.05, 3.63) is 59.1 Å². The van der Waals surface area contributed by atoms with Gasteiger partial charge in [-0.05, 0) is 67.5 Å². The fourth-order valence-corrected chi connectivity index (χ4v) is 6.11. The summed E-state index contributed by atoms with van der Waals surface area (Å²) in [6, 6.07) is 14.6. The molecule has 1 amide bonds. The van der Waals surface area contributed by atoms with E-state index in [1.807, 2.05) is 54.7 Å². The average molecular weight is 529 g/mol. The zero-order valence-electron chi connectivity index (χ0n) is 21.7. The number of benzene rings is 2. The molecule has 2 aliphatic rings. The van der Waals surface area contributed by atoms with E-state index in [0.29, 0.717) is 30.1 Å². The summed E-state index contributed by atoms with van der Waals surface area (Å²) in [6.45, 7) is 1.41. The van der Waals surface area contributed by atoms with Gasteiger partial charge >= 0.3 is 0 Å². The third-order valence-corrected chi connectivity index (χ3v) is 8.30. The lowest BCUT2D eigenvalue weighted by Crippen LogP contribution is -2.34. The Morgan fingerprint density at radius 1 is 1.08 bits per heavy atom. The number of amides is 1. The van der Waals surface area contributed by atoms with Gasteiger partial charge in [0, 0.05) is 49.4 Å². The lowest BCUT2D eigenvalue weighted by Gasteiger charge is -2.29. The molecule has 3 heterocycles. The second-order valence-corrected chi connectivity index (χ2v) is 11.2. The first kappa shape index (κ1) is 24.6. The second-order valence-electron chi connectivity index (χ2n) is 10.3. The van der Waals surface area contributed by atoms with Crippen LogP contribution in [0.25, 0.3) is 21.5 Å². The van der Waals surface area contributed by atoms with Crippen LogP contribution in [0.2, 0.25) is 0 Å². The molecule has 0 bridgehead atoms. The van der Waals surface area contributed by atoms with Gasteiger partial charge in [-0.15, -0.1) is 11.3 Å². The van der Waals surface area contributed by atoms with Crippen LogP contribution in [0.1, 0.15) is 41.7 Å². The van der Waals surface area contributed by atoms with Crippen LogP contribution in [-0.4, -0.2) is 54.1 Å². The first-order chi connectivity index (χ1) is 18.5. The van der Waals surface area contributed by atoms with Crippen LogP contribution in [0.4, 0.5) is 11.8 Å². The number of rotatable bonds is 7. The number of para-hydroxylation sites is 1. The molecule has 9 heteroatoms. The van der Waals surface area contributed by atoms with Gasteiger partial charge in [-0.2, -0.15) is 4.98 Å². The van der Waals surface area contributed by atoms with E-state index < -0.39 is 0 Å². The molecular weight excluding hydrogens is 496 g/mol. The summed E-state index contributed by atoms with van der Waals surface area (Å²) in [6.07, 6.45) is 5.07. The largest absolute Gasteiger partial charge is 0.493 e. The molecule has 1 aliphatic heterocycles. The van der Waals surface area contributed by atoms with Gasteiger partial charge in [0.2, 0.25) is 5.95 Å². The zero-order valence-corrected chi connectivity index (χ0v) is 22.6. The Labute approximate surface area is 226 Å². The van der Waals surface area contributed by atoms with Crippen LogP contribution in [0.5, 0.6) is 5.75 Å². The summed E-state index contributed by atoms with van der Waals surface area (Å²) >= 11 is 1.51. The first-order valence-electron chi connectivity index (χ1n) is 13.2. The molecule has 1 fully saturated rings. The monoisotopic (exact) mass is 528 g/mol. The lowest BCUT2D eigenvalue weighted by molar-refractivity contribution is 0.0939. The molecule has 8 nitrogen and oxygen atoms in total. The Hall–Kier alpha value is -3.72. The SMILES string of the molecule is CN(C)c1nc(N[C@H]2CC[C@@H](CNC(=O)c3csc(-c4ccc5c(c4)CCO5)n3)CC2)nc2ccccc12. The normalized spacial score (nSPS) is 18.6. The highest BCUT2D eigenvalue weighted by Gasteiger charge is 2.23. The molecule has 0 saturated heterocycles. The number of thiazole rings is 1. The fourth-order valence-electron chi connectivity index (χ4n) is 5.32. The van der Waals surface area contributed by atoms with Crippen molar-refractivity contribution in [3.8, 4) is 16.3 Å². The number of ether oxygens (including phenoxy) is 1. The van der Waals surface area contributed by atoms with Crippen LogP contribution in [0.3, 0.4) is 0 Å². The van der Waals surface area contributed by atoms with Crippen molar-refractivity contribution < 1.29 is 9.53 Å². The predicted molar refractivity (Wildman–Crippen MR) is 152 cm³/mol. The molecule has 2 aromatic carbocycles. The fraction of sp³-hybridized carbons (Fsp3) is 0.379. The van der Waals surface area contributed by atoms with Gasteiger partial charge in [0.25, 0.3) is 5.91 Å². The third kappa shape index (κ3) is 5.15. The standard InChI is InChI=1S/C29H32N6O2S/c1-35(2)26-22-5-3-4-6-23(22)33-29(34-26)31-21-10-7-18(8-11-21)16-30-27(36)24-17-38-28(32-24)20-9-12-25-19(15-20)13-14-37-25/h3-6,9,12,15,17-18,21H,7-8,10-11,13-14,16H2,1-2H3,(H,30,36)(H,31,33,34)/t18-,21+. The number of hydrogen-bond donors (Lipinski definition) is 2. The molecule has 1 saturated carbocycles. The van der Waals surface area contributed by atoms with Crippen molar-refractivity contribution in [2.24, 2.45) is 5.92 Å². The van der Waals surface area contributed by atoms with Gasteiger partial charge in [-0.3, -0.25) is 4.79 Å². The van der Waals surface area contributed by atoms with Gasteiger partial charge in [0.15, 0.2) is 0 Å². The summed E-state index contributed by atoms with van der Waals surface area (Å²) in [5, 5.41) is 10.4. The highest BCUT2D eigenvalue weighted by Crippen LogP contribution is 2.32. The molecule has 0 unspecified atom stereocenters. The smallest absolute Gasteiger partial charge is 0.270 e. The first-order valence-corrected chi connectivity index (χ1v) is 14.1. The zero-order chi connectivity index (χ0) is 26.1. The van der Waals surface area contributed by atoms with Crippen LogP contribution in [0.15, 0.2) is 47.8 Å². The molecule has 0 radical (unpaired) electrons. The summed E-state index contributed by atoms with van der Waals surface area (Å²) < 4.78 is 5.59. The number of carbonyl (C=O) groups excluding carboxylic acids is 1. The van der Waals surface area contributed by atoms with Crippen molar-refractivity contribution in [1.29, 1.82) is 0 Å². The summed E-state index contributed by atoms with van der Waals surface area (Å²) in [5.74, 6) is 2.92. The van der Waals surface area contributed by atoms with Gasteiger partial charge in [-0.25, -0.2) is 9.97 Å². The van der Waals surface area contributed by atoms with E-state index in [2.05, 4.69) is 27.8 Å². The molecule has 38 heavy (non-hydrogen) atoms. The molecule has 0 atom stereocenters. The summed E-state index contributed by atoms with van der Waals surface area (Å²) in [4.78, 5) is 29.0. The Balaban J connectivity index is 1.01. The maximum absolute atomic E-state index is 12.8.